The van der Waals surface area contributed by atoms with Crippen LogP contribution in [-0.2, 0) is 39.8 Å². The molecule has 2 atom stereocenters. The molecule has 0 spiro atoms. The first kappa shape index (κ1) is 52.7. The van der Waals surface area contributed by atoms with Gasteiger partial charge in [-0.2, -0.15) is 0 Å². The number of ether oxygens (including phenoxy) is 4. The average Bonchev–Trinajstić information content (AvgIpc) is 3.14. The average molecular weight is 898 g/mol. The van der Waals surface area contributed by atoms with Crippen molar-refractivity contribution in [3.8, 4) is 0 Å². The number of rotatable bonds is 16. The minimum absolute atomic E-state index is 0.0452. The second kappa shape index (κ2) is 22.8. The standard InChI is InChI=1S/C46H71N7O11/c1-43(2,3)61-39(57)47-19-23-52(24-20-48-40(58)62-44(4,5)6)37(55)28-35(51-41(59)63-45(7,8)9)38(56)50-34(26-30-17-21-53(22-18-30)42(60)64-46(10,11)12)36(54)27-31-25-32-15-13-14-16-33(32)49-29-31/h13-16,25,29-30,34-35H,17-24,26-28H2,1-12H3,(H,47,57)(H,48,58)(H,50,56)(H,51,59)/t34-,35-/m0/s1. The van der Waals surface area contributed by atoms with Gasteiger partial charge < -0.3 is 50.0 Å². The Morgan fingerprint density at radius 1 is 0.703 bits per heavy atom. The number of piperidine rings is 1. The molecule has 0 saturated carbocycles. The number of hydrogen-bond acceptors (Lipinski definition) is 12. The molecule has 64 heavy (non-hydrogen) atoms. The number of alkyl carbamates (subject to hydrolysis) is 3. The molecule has 4 N–H and O–H groups in total. The van der Waals surface area contributed by atoms with E-state index in [1.165, 1.54) is 4.90 Å². The lowest BCUT2D eigenvalue weighted by Gasteiger charge is -2.35. The molecule has 1 aromatic heterocycles. The van der Waals surface area contributed by atoms with E-state index in [4.69, 9.17) is 18.9 Å². The summed E-state index contributed by atoms with van der Waals surface area (Å²) in [5, 5.41) is 11.4. The van der Waals surface area contributed by atoms with E-state index in [0.717, 1.165) is 10.9 Å². The number of ketones is 1. The topological polar surface area (TPSA) is 224 Å². The first-order valence-corrected chi connectivity index (χ1v) is 21.9. The van der Waals surface area contributed by atoms with Crippen molar-refractivity contribution < 1.29 is 52.5 Å². The number of nitrogens with zero attached hydrogens (tertiary/aromatic N) is 3. The summed E-state index contributed by atoms with van der Waals surface area (Å²) in [5.41, 5.74) is -1.76. The van der Waals surface area contributed by atoms with Crippen LogP contribution in [0.5, 0.6) is 0 Å². The van der Waals surface area contributed by atoms with Crippen LogP contribution in [0.2, 0.25) is 0 Å². The molecule has 18 heteroatoms. The highest BCUT2D eigenvalue weighted by Gasteiger charge is 2.34. The zero-order chi connectivity index (χ0) is 48.0. The van der Waals surface area contributed by atoms with Crippen LogP contribution in [0, 0.1) is 5.92 Å². The highest BCUT2D eigenvalue weighted by atomic mass is 16.6. The van der Waals surface area contributed by atoms with Gasteiger partial charge in [0.2, 0.25) is 11.8 Å². The number of para-hydroxylation sites is 1. The number of carbonyl (C=O) groups is 7. The molecule has 18 nitrogen and oxygen atoms in total. The van der Waals surface area contributed by atoms with Gasteiger partial charge in [0.15, 0.2) is 5.78 Å². The molecule has 356 valence electrons. The SMILES string of the molecule is CC(C)(C)OC(=O)NCCN(CCNC(=O)OC(C)(C)C)C(=O)C[C@H](NC(=O)OC(C)(C)C)C(=O)N[C@@H](CC1CCN(C(=O)OC(C)(C)C)CC1)C(=O)Cc1cnc2ccccc2c1. The highest BCUT2D eigenvalue weighted by molar-refractivity contribution is 5.95. The normalized spacial score (nSPS) is 14.7. The Hall–Kier alpha value is -5.68. The van der Waals surface area contributed by atoms with Crippen molar-refractivity contribution in [2.45, 2.75) is 150 Å². The largest absolute Gasteiger partial charge is 0.444 e. The summed E-state index contributed by atoms with van der Waals surface area (Å²) in [6.45, 7) is 21.2. The number of likely N-dealkylation sites (tertiary alicyclic amines) is 1. The van der Waals surface area contributed by atoms with Crippen molar-refractivity contribution in [2.24, 2.45) is 5.92 Å². The van der Waals surface area contributed by atoms with Crippen LogP contribution < -0.4 is 21.3 Å². The lowest BCUT2D eigenvalue weighted by atomic mass is 9.87. The van der Waals surface area contributed by atoms with Gasteiger partial charge in [0.25, 0.3) is 0 Å². The number of pyridine rings is 1. The van der Waals surface area contributed by atoms with Crippen molar-refractivity contribution in [1.29, 1.82) is 0 Å². The van der Waals surface area contributed by atoms with E-state index in [9.17, 15) is 33.6 Å². The highest BCUT2D eigenvalue weighted by Crippen LogP contribution is 2.25. The summed E-state index contributed by atoms with van der Waals surface area (Å²) >= 11 is 0. The maximum absolute atomic E-state index is 14.4. The van der Waals surface area contributed by atoms with E-state index in [-0.39, 0.29) is 50.7 Å². The van der Waals surface area contributed by atoms with Gasteiger partial charge in [-0.05, 0) is 126 Å². The lowest BCUT2D eigenvalue weighted by molar-refractivity contribution is -0.135. The van der Waals surface area contributed by atoms with Crippen molar-refractivity contribution in [1.82, 2.24) is 36.1 Å². The third kappa shape index (κ3) is 20.2. The molecule has 3 rings (SSSR count). The minimum atomic E-state index is -1.52. The van der Waals surface area contributed by atoms with Crippen LogP contribution in [0.4, 0.5) is 19.2 Å². The first-order valence-electron chi connectivity index (χ1n) is 21.9. The zero-order valence-electron chi connectivity index (χ0n) is 39.8. The summed E-state index contributed by atoms with van der Waals surface area (Å²) in [5.74, 6) is -1.82. The first-order chi connectivity index (χ1) is 29.6. The third-order valence-corrected chi connectivity index (χ3v) is 9.40. The summed E-state index contributed by atoms with van der Waals surface area (Å²) in [6.07, 6.45) is -0.525. The molecule has 1 aliphatic rings. The molecule has 2 heterocycles. The fourth-order valence-electron chi connectivity index (χ4n) is 6.63. The Morgan fingerprint density at radius 2 is 1.22 bits per heavy atom. The summed E-state index contributed by atoms with van der Waals surface area (Å²) in [7, 11) is 0. The number of fused-ring (bicyclic) bond motifs is 1. The van der Waals surface area contributed by atoms with E-state index in [2.05, 4.69) is 26.3 Å². The van der Waals surface area contributed by atoms with E-state index < -0.39 is 77.1 Å². The van der Waals surface area contributed by atoms with Gasteiger partial charge in [0, 0.05) is 57.3 Å². The molecule has 0 radical (unpaired) electrons. The predicted octanol–water partition coefficient (Wildman–Crippen LogP) is 6.03. The number of hydrogen-bond donors (Lipinski definition) is 4. The maximum Gasteiger partial charge on any atom is 0.410 e. The molecule has 0 unspecified atom stereocenters. The maximum atomic E-state index is 14.4. The van der Waals surface area contributed by atoms with Gasteiger partial charge in [0.05, 0.1) is 18.0 Å². The van der Waals surface area contributed by atoms with E-state index in [1.807, 2.05) is 30.3 Å². The number of benzene rings is 1. The van der Waals surface area contributed by atoms with E-state index in [0.29, 0.717) is 31.5 Å². The van der Waals surface area contributed by atoms with Crippen molar-refractivity contribution in [2.75, 3.05) is 39.3 Å². The minimum Gasteiger partial charge on any atom is -0.444 e. The predicted molar refractivity (Wildman–Crippen MR) is 240 cm³/mol. The molecular formula is C46H71N7O11. The molecule has 6 amide bonds. The van der Waals surface area contributed by atoms with Gasteiger partial charge in [-0.15, -0.1) is 0 Å². The second-order valence-electron chi connectivity index (χ2n) is 20.0. The van der Waals surface area contributed by atoms with Crippen LogP contribution in [0.1, 0.15) is 114 Å². The molecule has 2 aromatic rings. The van der Waals surface area contributed by atoms with Crippen LogP contribution in [0.3, 0.4) is 0 Å². The molecule has 1 aromatic carbocycles. The Labute approximate surface area is 377 Å². The van der Waals surface area contributed by atoms with Gasteiger partial charge in [-0.25, -0.2) is 19.2 Å². The summed E-state index contributed by atoms with van der Waals surface area (Å²) in [6, 6.07) is 6.79. The third-order valence-electron chi connectivity index (χ3n) is 9.40. The molecule has 0 bridgehead atoms. The van der Waals surface area contributed by atoms with Crippen molar-refractivity contribution in [3.05, 3.63) is 42.1 Å². The Morgan fingerprint density at radius 3 is 1.75 bits per heavy atom. The fourth-order valence-corrected chi connectivity index (χ4v) is 6.63. The monoisotopic (exact) mass is 898 g/mol. The second-order valence-corrected chi connectivity index (χ2v) is 20.0. The number of carbonyl (C=O) groups excluding carboxylic acids is 7. The molecule has 0 aliphatic carbocycles. The molecule has 1 aliphatic heterocycles. The van der Waals surface area contributed by atoms with Gasteiger partial charge in [-0.1, -0.05) is 18.2 Å². The van der Waals surface area contributed by atoms with E-state index >= 15 is 0 Å². The van der Waals surface area contributed by atoms with Gasteiger partial charge >= 0.3 is 24.4 Å². The summed E-state index contributed by atoms with van der Waals surface area (Å²) in [4.78, 5) is 101. The number of nitrogens with one attached hydrogen (secondary N) is 4. The molecule has 1 saturated heterocycles. The molecule has 1 fully saturated rings. The summed E-state index contributed by atoms with van der Waals surface area (Å²) < 4.78 is 21.7. The number of Topliss-reactive ketones (excluding diaryl/α,β-unsaturated/α-hetero) is 1. The van der Waals surface area contributed by atoms with Crippen LogP contribution in [-0.4, -0.2) is 131 Å². The number of amides is 6. The van der Waals surface area contributed by atoms with Gasteiger partial charge in [0.1, 0.15) is 28.4 Å². The van der Waals surface area contributed by atoms with Crippen molar-refractivity contribution in [3.63, 3.8) is 0 Å². The Bertz CT molecular complexity index is 1900. The van der Waals surface area contributed by atoms with Crippen LogP contribution >= 0.6 is 0 Å². The van der Waals surface area contributed by atoms with Crippen molar-refractivity contribution >= 4 is 52.9 Å². The Balaban J connectivity index is 1.89. The van der Waals surface area contributed by atoms with Crippen LogP contribution in [0.25, 0.3) is 10.9 Å². The quantitative estimate of drug-likeness (QED) is 0.142. The lowest BCUT2D eigenvalue weighted by Crippen LogP contribution is -2.55. The zero-order valence-corrected chi connectivity index (χ0v) is 39.8. The Kier molecular flexibility index (Phi) is 18.8. The smallest absolute Gasteiger partial charge is 0.410 e. The number of aromatic nitrogens is 1. The fraction of sp³-hybridized carbons (Fsp3) is 0.652. The molecular weight excluding hydrogens is 827 g/mol. The van der Waals surface area contributed by atoms with Crippen LogP contribution in [0.15, 0.2) is 36.5 Å². The van der Waals surface area contributed by atoms with Gasteiger partial charge in [-0.3, -0.25) is 19.4 Å². The van der Waals surface area contributed by atoms with E-state index in [1.54, 1.807) is 94.2 Å².